The number of esters is 1. The van der Waals surface area contributed by atoms with E-state index in [9.17, 15) is 13.2 Å². The number of hydrogen-bond donors (Lipinski definition) is 0. The summed E-state index contributed by atoms with van der Waals surface area (Å²) in [7, 11) is -3.34. The van der Waals surface area contributed by atoms with E-state index < -0.39 is 21.1 Å². The molecule has 0 atom stereocenters. The normalized spacial score (nSPS) is 11.5. The number of carbonyl (C=O) groups excluding carboxylic acids is 1. The van der Waals surface area contributed by atoms with Crippen LogP contribution in [0.2, 0.25) is 0 Å². The zero-order valence-electron chi connectivity index (χ0n) is 18.1. The van der Waals surface area contributed by atoms with E-state index >= 15 is 0 Å². The average Bonchev–Trinajstić information content (AvgIpc) is 3.34. The van der Waals surface area contributed by atoms with E-state index in [1.54, 1.807) is 50.2 Å². The van der Waals surface area contributed by atoms with Gasteiger partial charge in [0.1, 0.15) is 6.61 Å². The first-order chi connectivity index (χ1) is 15.8. The van der Waals surface area contributed by atoms with Crippen molar-refractivity contribution in [1.82, 2.24) is 10.2 Å². The maximum atomic E-state index is 12.6. The Labute approximate surface area is 192 Å². The van der Waals surface area contributed by atoms with Crippen molar-refractivity contribution in [2.75, 3.05) is 0 Å². The van der Waals surface area contributed by atoms with E-state index in [0.29, 0.717) is 28.5 Å². The number of aromatic nitrogens is 2. The molecule has 0 amide bonds. The second-order valence-corrected chi connectivity index (χ2v) is 10.2. The summed E-state index contributed by atoms with van der Waals surface area (Å²) in [5.74, 6) is 0.172. The molecule has 1 heterocycles. The van der Waals surface area contributed by atoms with Gasteiger partial charge in [-0.2, -0.15) is 0 Å². The molecule has 33 heavy (non-hydrogen) atoms. The van der Waals surface area contributed by atoms with Crippen LogP contribution >= 0.6 is 0 Å². The van der Waals surface area contributed by atoms with Gasteiger partial charge in [0.15, 0.2) is 9.84 Å². The van der Waals surface area contributed by atoms with Crippen LogP contribution in [0.15, 0.2) is 88.2 Å². The fourth-order valence-corrected chi connectivity index (χ4v) is 4.16. The van der Waals surface area contributed by atoms with Crippen molar-refractivity contribution in [2.45, 2.75) is 30.6 Å². The highest BCUT2D eigenvalue weighted by Gasteiger charge is 2.19. The van der Waals surface area contributed by atoms with Crippen molar-refractivity contribution < 1.29 is 22.4 Å². The minimum Gasteiger partial charge on any atom is -0.457 e. The highest BCUT2D eigenvalue weighted by molar-refractivity contribution is 7.92. The first-order valence-electron chi connectivity index (χ1n) is 10.3. The first kappa shape index (κ1) is 22.4. The molecule has 168 valence electrons. The molecule has 0 spiro atoms. The number of benzene rings is 3. The Morgan fingerprint density at radius 2 is 1.52 bits per heavy atom. The van der Waals surface area contributed by atoms with Gasteiger partial charge in [-0.25, -0.2) is 13.2 Å². The second kappa shape index (κ2) is 9.38. The summed E-state index contributed by atoms with van der Waals surface area (Å²) >= 11 is 0. The van der Waals surface area contributed by atoms with Crippen molar-refractivity contribution in [3.63, 3.8) is 0 Å². The van der Waals surface area contributed by atoms with Crippen LogP contribution < -0.4 is 0 Å². The number of nitrogens with zero attached hydrogens (tertiary/aromatic N) is 2. The van der Waals surface area contributed by atoms with E-state index in [-0.39, 0.29) is 11.5 Å². The lowest BCUT2D eigenvalue weighted by atomic mass is 10.1. The molecule has 0 saturated heterocycles. The smallest absolute Gasteiger partial charge is 0.338 e. The summed E-state index contributed by atoms with van der Waals surface area (Å²) in [6, 6.07) is 22.5. The van der Waals surface area contributed by atoms with E-state index in [4.69, 9.17) is 9.15 Å². The molecule has 0 aliphatic carbocycles. The number of ether oxygens (including phenoxy) is 1. The number of hydrogen-bond acceptors (Lipinski definition) is 7. The monoisotopic (exact) mass is 462 g/mol. The van der Waals surface area contributed by atoms with Crippen LogP contribution in [0.25, 0.3) is 22.9 Å². The molecule has 0 aliphatic rings. The Bertz CT molecular complexity index is 1360. The SMILES string of the molecule is CC(C)S(=O)(=O)c1ccc(COC(=O)c2cccc(-c3nnc(-c4ccccc4)o3)c2)cc1. The van der Waals surface area contributed by atoms with Crippen molar-refractivity contribution in [2.24, 2.45) is 0 Å². The Morgan fingerprint density at radius 1 is 0.879 bits per heavy atom. The van der Waals surface area contributed by atoms with Crippen LogP contribution in [0.5, 0.6) is 0 Å². The van der Waals surface area contributed by atoms with Gasteiger partial charge in [0.2, 0.25) is 11.8 Å². The van der Waals surface area contributed by atoms with Gasteiger partial charge >= 0.3 is 5.97 Å². The van der Waals surface area contributed by atoms with Crippen LogP contribution in [0.1, 0.15) is 29.8 Å². The van der Waals surface area contributed by atoms with Crippen LogP contribution in [0, 0.1) is 0 Å². The summed E-state index contributed by atoms with van der Waals surface area (Å²) in [5.41, 5.74) is 2.43. The summed E-state index contributed by atoms with van der Waals surface area (Å²) < 4.78 is 35.6. The van der Waals surface area contributed by atoms with Gasteiger partial charge in [0.25, 0.3) is 0 Å². The van der Waals surface area contributed by atoms with Gasteiger partial charge in [-0.05, 0) is 61.9 Å². The average molecular weight is 463 g/mol. The molecule has 4 rings (SSSR count). The molecule has 4 aromatic rings. The minimum atomic E-state index is -3.34. The third kappa shape index (κ3) is 5.01. The zero-order valence-corrected chi connectivity index (χ0v) is 19.0. The summed E-state index contributed by atoms with van der Waals surface area (Å²) in [6.07, 6.45) is 0. The topological polar surface area (TPSA) is 99.4 Å². The molecule has 0 saturated carbocycles. The lowest BCUT2D eigenvalue weighted by molar-refractivity contribution is 0.0472. The molecule has 1 aromatic heterocycles. The van der Waals surface area contributed by atoms with Crippen molar-refractivity contribution >= 4 is 15.8 Å². The van der Waals surface area contributed by atoms with Crippen LogP contribution in [-0.4, -0.2) is 29.8 Å². The minimum absolute atomic E-state index is 0.0176. The largest absolute Gasteiger partial charge is 0.457 e. The fourth-order valence-electron chi connectivity index (χ4n) is 3.10. The quantitative estimate of drug-likeness (QED) is 0.359. The maximum absolute atomic E-state index is 12.6. The Hall–Kier alpha value is -3.78. The molecule has 0 radical (unpaired) electrons. The second-order valence-electron chi connectivity index (χ2n) is 7.67. The Morgan fingerprint density at radius 3 is 2.18 bits per heavy atom. The van der Waals surface area contributed by atoms with E-state index in [1.165, 1.54) is 12.1 Å². The van der Waals surface area contributed by atoms with Gasteiger partial charge < -0.3 is 9.15 Å². The number of rotatable bonds is 7. The molecular formula is C25H22N2O5S. The Balaban J connectivity index is 1.44. The van der Waals surface area contributed by atoms with Crippen LogP contribution in [-0.2, 0) is 21.2 Å². The molecule has 3 aromatic carbocycles. The van der Waals surface area contributed by atoms with Crippen LogP contribution in [0.4, 0.5) is 0 Å². The third-order valence-electron chi connectivity index (χ3n) is 5.03. The highest BCUT2D eigenvalue weighted by atomic mass is 32.2. The van der Waals surface area contributed by atoms with Gasteiger partial charge in [0, 0.05) is 11.1 Å². The molecule has 0 fully saturated rings. The van der Waals surface area contributed by atoms with Crippen LogP contribution in [0.3, 0.4) is 0 Å². The number of carbonyl (C=O) groups is 1. The third-order valence-corrected chi connectivity index (χ3v) is 7.20. The Kier molecular flexibility index (Phi) is 6.37. The first-order valence-corrected chi connectivity index (χ1v) is 11.9. The molecule has 0 N–H and O–H groups in total. The molecule has 0 unspecified atom stereocenters. The fraction of sp³-hybridized carbons (Fsp3) is 0.160. The molecular weight excluding hydrogens is 440 g/mol. The zero-order chi connectivity index (χ0) is 23.4. The van der Waals surface area contributed by atoms with Gasteiger partial charge in [0.05, 0.1) is 15.7 Å². The van der Waals surface area contributed by atoms with Crippen molar-refractivity contribution in [1.29, 1.82) is 0 Å². The van der Waals surface area contributed by atoms with E-state index in [2.05, 4.69) is 10.2 Å². The lowest BCUT2D eigenvalue weighted by Gasteiger charge is -2.09. The molecule has 0 aliphatic heterocycles. The lowest BCUT2D eigenvalue weighted by Crippen LogP contribution is -2.14. The van der Waals surface area contributed by atoms with Crippen molar-refractivity contribution in [3.8, 4) is 22.9 Å². The van der Waals surface area contributed by atoms with E-state index in [0.717, 1.165) is 5.56 Å². The highest BCUT2D eigenvalue weighted by Crippen LogP contribution is 2.24. The number of sulfone groups is 1. The van der Waals surface area contributed by atoms with Gasteiger partial charge in [-0.3, -0.25) is 0 Å². The molecule has 0 bridgehead atoms. The standard InChI is InChI=1S/C25H22N2O5S/c1-17(2)33(29,30)22-13-11-18(12-14-22)16-31-25(28)21-10-6-9-20(15-21)24-27-26-23(32-24)19-7-4-3-5-8-19/h3-15,17H,16H2,1-2H3. The molecule has 8 heteroatoms. The van der Waals surface area contributed by atoms with Crippen molar-refractivity contribution in [3.05, 3.63) is 90.0 Å². The van der Waals surface area contributed by atoms with Gasteiger partial charge in [-0.15, -0.1) is 10.2 Å². The van der Waals surface area contributed by atoms with E-state index in [1.807, 2.05) is 30.3 Å². The predicted octanol–water partition coefficient (Wildman–Crippen LogP) is 4.94. The van der Waals surface area contributed by atoms with Gasteiger partial charge in [-0.1, -0.05) is 36.4 Å². The summed E-state index contributed by atoms with van der Waals surface area (Å²) in [6.45, 7) is 3.29. The molecule has 7 nitrogen and oxygen atoms in total. The predicted molar refractivity (Wildman–Crippen MR) is 123 cm³/mol. The maximum Gasteiger partial charge on any atom is 0.338 e. The summed E-state index contributed by atoms with van der Waals surface area (Å²) in [4.78, 5) is 12.8. The summed E-state index contributed by atoms with van der Waals surface area (Å²) in [5, 5.41) is 7.65.